The number of hydrogen-bond donors (Lipinski definition) is 0. The first-order valence-electron chi connectivity index (χ1n) is 8.22. The van der Waals surface area contributed by atoms with Gasteiger partial charge in [0.2, 0.25) is 0 Å². The topological polar surface area (TPSA) is 54.0 Å². The van der Waals surface area contributed by atoms with Crippen molar-refractivity contribution in [2.75, 3.05) is 13.2 Å². The summed E-state index contributed by atoms with van der Waals surface area (Å²) in [6.07, 6.45) is -0.745. The average Bonchev–Trinajstić information content (AvgIpc) is 2.53. The molecule has 0 aromatic heterocycles. The van der Waals surface area contributed by atoms with Gasteiger partial charge in [-0.25, -0.2) is 0 Å². The van der Waals surface area contributed by atoms with E-state index in [0.29, 0.717) is 24.0 Å². The van der Waals surface area contributed by atoms with Crippen LogP contribution in [0.5, 0.6) is 5.75 Å². The number of rotatable bonds is 5. The third kappa shape index (κ3) is 5.52. The van der Waals surface area contributed by atoms with E-state index in [4.69, 9.17) is 30.1 Å². The van der Waals surface area contributed by atoms with Gasteiger partial charge in [0.1, 0.15) is 0 Å². The van der Waals surface area contributed by atoms with Crippen LogP contribution in [0.4, 0.5) is 0 Å². The van der Waals surface area contributed by atoms with Gasteiger partial charge in [0.15, 0.2) is 0 Å². The number of halogens is 1. The minimum atomic E-state index is -2.65. The van der Waals surface area contributed by atoms with Gasteiger partial charge in [-0.3, -0.25) is 0 Å². The van der Waals surface area contributed by atoms with E-state index >= 15 is 0 Å². The van der Waals surface area contributed by atoms with Gasteiger partial charge in [-0.1, -0.05) is 0 Å². The molecule has 2 rings (SSSR count). The third-order valence-corrected chi connectivity index (χ3v) is 9.09. The van der Waals surface area contributed by atoms with Crippen molar-refractivity contribution in [3.05, 3.63) is 28.8 Å². The van der Waals surface area contributed by atoms with Crippen LogP contribution in [0.2, 0.25) is 5.02 Å². The Hall–Kier alpha value is -0.440. The molecule has 0 aliphatic carbocycles. The van der Waals surface area contributed by atoms with E-state index in [0.717, 1.165) is 5.56 Å². The quantitative estimate of drug-likeness (QED) is 0.520. The first kappa shape index (κ1) is 20.9. The molecule has 0 spiro atoms. The normalized spacial score (nSPS) is 22.5. The predicted octanol–water partition coefficient (Wildman–Crippen LogP) is 4.75. The molecule has 1 aliphatic heterocycles. The Kier molecular flexibility index (Phi) is 6.73. The van der Waals surface area contributed by atoms with E-state index in [2.05, 4.69) is 22.8 Å². The minimum absolute atomic E-state index is 0.0285. The van der Waals surface area contributed by atoms with Crippen molar-refractivity contribution in [3.63, 3.8) is 0 Å². The summed E-state index contributed by atoms with van der Waals surface area (Å²) in [6.45, 7) is 10.7. The molecular weight excluding hydrogens is 382 g/mol. The van der Waals surface area contributed by atoms with Crippen molar-refractivity contribution in [2.45, 2.75) is 46.6 Å². The van der Waals surface area contributed by atoms with E-state index in [1.807, 2.05) is 6.92 Å². The molecule has 142 valence electrons. The number of carbonyl (C=O) groups is 1. The molecule has 1 aromatic carbocycles. The summed E-state index contributed by atoms with van der Waals surface area (Å²) in [5.74, 6) is -0.307. The van der Waals surface area contributed by atoms with E-state index in [1.54, 1.807) is 32.0 Å². The maximum absolute atomic E-state index is 12.4. The van der Waals surface area contributed by atoms with Crippen LogP contribution in [0, 0.1) is 12.3 Å². The van der Waals surface area contributed by atoms with Gasteiger partial charge in [-0.05, 0) is 0 Å². The molecule has 1 aliphatic rings. The average molecular weight is 409 g/mol. The fraction of sp³-hybridized carbons (Fsp3) is 0.588. The van der Waals surface area contributed by atoms with Crippen LogP contribution < -0.4 is 4.74 Å². The van der Waals surface area contributed by atoms with E-state index in [9.17, 15) is 4.79 Å². The van der Waals surface area contributed by atoms with Crippen LogP contribution in [0.1, 0.15) is 33.3 Å². The van der Waals surface area contributed by atoms with Crippen molar-refractivity contribution in [1.82, 2.24) is 0 Å². The second-order valence-electron chi connectivity index (χ2n) is 7.21. The molecule has 5 nitrogen and oxygen atoms in total. The summed E-state index contributed by atoms with van der Waals surface area (Å²) >= 11 is 5.93. The molecule has 25 heavy (non-hydrogen) atoms. The van der Waals surface area contributed by atoms with Gasteiger partial charge >= 0.3 is 157 Å². The number of esters is 1. The van der Waals surface area contributed by atoms with Crippen LogP contribution in [0.3, 0.4) is 0 Å². The van der Waals surface area contributed by atoms with Gasteiger partial charge in [-0.2, -0.15) is 0 Å². The Morgan fingerprint density at radius 1 is 1.32 bits per heavy atom. The summed E-state index contributed by atoms with van der Waals surface area (Å²) in [6, 6.07) is 5.25. The van der Waals surface area contributed by atoms with Gasteiger partial charge in [0.25, 0.3) is 0 Å². The van der Waals surface area contributed by atoms with Crippen LogP contribution in [0.25, 0.3) is 0 Å². The number of carbonyl (C=O) groups excluding carboxylic acids is 1. The maximum atomic E-state index is 12.4. The molecular formula is C17H27ClO5P2. The Labute approximate surface area is 157 Å². The molecule has 1 fully saturated rings. The molecule has 1 heterocycles. The summed E-state index contributed by atoms with van der Waals surface area (Å²) in [7, 11) is -0.00465. The first-order valence-corrected chi connectivity index (χ1v) is 12.3. The van der Waals surface area contributed by atoms with Crippen molar-refractivity contribution >= 4 is 33.9 Å². The predicted molar refractivity (Wildman–Crippen MR) is 106 cm³/mol. The summed E-state index contributed by atoms with van der Waals surface area (Å²) in [4.78, 5) is 12.4. The molecule has 0 radical (unpaired) electrons. The fourth-order valence-corrected chi connectivity index (χ4v) is 5.27. The zero-order valence-corrected chi connectivity index (χ0v) is 18.2. The first-order chi connectivity index (χ1) is 11.5. The SMILES string of the molecule is Cc1cc(Cl)ccc1OC(C)C(=O)OC(C)[PH]1(P)OCC(C)(C)CO1. The van der Waals surface area contributed by atoms with E-state index in [-0.39, 0.29) is 5.41 Å². The monoisotopic (exact) mass is 408 g/mol. The van der Waals surface area contributed by atoms with Crippen LogP contribution in [0.15, 0.2) is 18.2 Å². The van der Waals surface area contributed by atoms with Crippen LogP contribution in [-0.4, -0.2) is 31.1 Å². The Morgan fingerprint density at radius 3 is 2.48 bits per heavy atom. The van der Waals surface area contributed by atoms with E-state index in [1.165, 1.54) is 0 Å². The van der Waals surface area contributed by atoms with Crippen molar-refractivity contribution in [3.8, 4) is 5.75 Å². The Bertz CT molecular complexity index is 627. The summed E-state index contributed by atoms with van der Waals surface area (Å²) in [5, 5.41) is 0.624. The molecule has 8 heteroatoms. The van der Waals surface area contributed by atoms with Gasteiger partial charge in [-0.15, -0.1) is 0 Å². The summed E-state index contributed by atoms with van der Waals surface area (Å²) < 4.78 is 23.1. The molecule has 3 atom stereocenters. The zero-order valence-electron chi connectivity index (χ0n) is 15.3. The number of aryl methyl sites for hydroxylation is 1. The molecule has 0 amide bonds. The van der Waals surface area contributed by atoms with Crippen molar-refractivity contribution in [1.29, 1.82) is 0 Å². The zero-order chi connectivity index (χ0) is 18.8. The molecule has 0 bridgehead atoms. The molecule has 3 unspecified atom stereocenters. The van der Waals surface area contributed by atoms with Gasteiger partial charge in [0, 0.05) is 0 Å². The van der Waals surface area contributed by atoms with E-state index < -0.39 is 25.3 Å². The second-order valence-corrected chi connectivity index (χ2v) is 12.9. The van der Waals surface area contributed by atoms with Crippen LogP contribution >= 0.6 is 27.9 Å². The molecule has 0 N–H and O–H groups in total. The molecule has 1 saturated heterocycles. The second kappa shape index (κ2) is 8.06. The molecule has 1 aromatic rings. The Balaban J connectivity index is 1.94. The molecule has 0 saturated carbocycles. The Morgan fingerprint density at radius 2 is 1.92 bits per heavy atom. The van der Waals surface area contributed by atoms with Crippen molar-refractivity contribution in [2.24, 2.45) is 5.41 Å². The van der Waals surface area contributed by atoms with Gasteiger partial charge in [0.05, 0.1) is 0 Å². The fourth-order valence-electron chi connectivity index (χ4n) is 2.27. The number of ether oxygens (including phenoxy) is 2. The van der Waals surface area contributed by atoms with Crippen LogP contribution in [-0.2, 0) is 18.6 Å². The number of benzene rings is 1. The number of hydrogen-bond acceptors (Lipinski definition) is 5. The standard InChI is InChI=1S/C17H27ClO5P2/c1-11-8-14(18)6-7-15(11)22-12(2)16(19)23-13(3)25(24)20-9-17(4,5)10-21-25/h6-8,12-13,25H,9-10,24H2,1-5H3. The van der Waals surface area contributed by atoms with Gasteiger partial charge < -0.3 is 0 Å². The third-order valence-electron chi connectivity index (χ3n) is 4.01. The van der Waals surface area contributed by atoms with Crippen molar-refractivity contribution < 1.29 is 23.3 Å². The summed E-state index contributed by atoms with van der Waals surface area (Å²) in [5.41, 5.74) is 0.831.